The van der Waals surface area contributed by atoms with Gasteiger partial charge in [0.15, 0.2) is 0 Å². The standard InChI is InChI=1S/C15H12BrFO2S/c1-11-2-8-14(9-3-11)20(18,19)10-15(17)12-4-6-13(16)7-5-12/h2-10H,1H3/b15-10-. The van der Waals surface area contributed by atoms with E-state index in [1.165, 1.54) is 24.3 Å². The van der Waals surface area contributed by atoms with E-state index in [9.17, 15) is 12.8 Å². The van der Waals surface area contributed by atoms with Crippen molar-refractivity contribution in [1.82, 2.24) is 0 Å². The van der Waals surface area contributed by atoms with Gasteiger partial charge in [-0.05, 0) is 31.2 Å². The van der Waals surface area contributed by atoms with E-state index in [2.05, 4.69) is 15.9 Å². The van der Waals surface area contributed by atoms with E-state index in [0.717, 1.165) is 10.0 Å². The Bertz CT molecular complexity index is 732. The maximum atomic E-state index is 14.0. The molecule has 5 heteroatoms. The third-order valence-electron chi connectivity index (χ3n) is 2.73. The van der Waals surface area contributed by atoms with Gasteiger partial charge in [0.2, 0.25) is 9.84 Å². The summed E-state index contributed by atoms with van der Waals surface area (Å²) in [5.41, 5.74) is 1.17. The topological polar surface area (TPSA) is 34.1 Å². The molecule has 2 aromatic carbocycles. The summed E-state index contributed by atoms with van der Waals surface area (Å²) >= 11 is 3.24. The van der Waals surface area contributed by atoms with E-state index in [4.69, 9.17) is 0 Å². The Morgan fingerprint density at radius 1 is 1.05 bits per heavy atom. The van der Waals surface area contributed by atoms with Gasteiger partial charge in [0.1, 0.15) is 5.83 Å². The van der Waals surface area contributed by atoms with Crippen molar-refractivity contribution in [2.75, 3.05) is 0 Å². The maximum absolute atomic E-state index is 14.0. The van der Waals surface area contributed by atoms with Gasteiger partial charge in [-0.15, -0.1) is 0 Å². The van der Waals surface area contributed by atoms with E-state index in [0.29, 0.717) is 5.41 Å². The molecule has 0 saturated heterocycles. The van der Waals surface area contributed by atoms with Crippen LogP contribution in [0.25, 0.3) is 5.83 Å². The quantitative estimate of drug-likeness (QED) is 0.813. The van der Waals surface area contributed by atoms with E-state index >= 15 is 0 Å². The highest BCUT2D eigenvalue weighted by Gasteiger charge is 2.13. The van der Waals surface area contributed by atoms with Crippen LogP contribution >= 0.6 is 15.9 Å². The molecule has 0 radical (unpaired) electrons. The first-order chi connectivity index (χ1) is 9.38. The summed E-state index contributed by atoms with van der Waals surface area (Å²) in [7, 11) is -3.78. The summed E-state index contributed by atoms with van der Waals surface area (Å²) < 4.78 is 38.9. The Labute approximate surface area is 126 Å². The Morgan fingerprint density at radius 2 is 1.60 bits per heavy atom. The molecule has 0 aliphatic rings. The van der Waals surface area contributed by atoms with Gasteiger partial charge in [-0.25, -0.2) is 12.8 Å². The molecule has 2 rings (SSSR count). The number of hydrogen-bond acceptors (Lipinski definition) is 2. The fraction of sp³-hybridized carbons (Fsp3) is 0.0667. The van der Waals surface area contributed by atoms with E-state index in [1.54, 1.807) is 24.3 Å². The molecule has 0 aliphatic carbocycles. The van der Waals surface area contributed by atoms with Crippen molar-refractivity contribution in [2.24, 2.45) is 0 Å². The molecule has 0 aromatic heterocycles. The average Bonchev–Trinajstić information content (AvgIpc) is 2.39. The zero-order chi connectivity index (χ0) is 14.8. The Balaban J connectivity index is 2.37. The zero-order valence-electron chi connectivity index (χ0n) is 10.7. The minimum atomic E-state index is -3.78. The second-order valence-corrected chi connectivity index (χ2v) is 7.04. The molecule has 0 amide bonds. The van der Waals surface area contributed by atoms with Crippen LogP contribution in [0, 0.1) is 6.92 Å². The Hall–Kier alpha value is -1.46. The van der Waals surface area contributed by atoms with Crippen molar-refractivity contribution < 1.29 is 12.8 Å². The number of aryl methyl sites for hydroxylation is 1. The minimum absolute atomic E-state index is 0.0790. The molecule has 0 fully saturated rings. The van der Waals surface area contributed by atoms with E-state index < -0.39 is 15.7 Å². The molecule has 0 spiro atoms. The van der Waals surface area contributed by atoms with Gasteiger partial charge >= 0.3 is 0 Å². The summed E-state index contributed by atoms with van der Waals surface area (Å²) in [4.78, 5) is 0.0790. The monoisotopic (exact) mass is 354 g/mol. The van der Waals surface area contributed by atoms with Gasteiger partial charge < -0.3 is 0 Å². The lowest BCUT2D eigenvalue weighted by atomic mass is 10.2. The molecule has 2 aromatic rings. The molecule has 0 atom stereocenters. The maximum Gasteiger partial charge on any atom is 0.202 e. The molecule has 20 heavy (non-hydrogen) atoms. The molecule has 0 heterocycles. The molecule has 0 N–H and O–H groups in total. The van der Waals surface area contributed by atoms with Gasteiger partial charge in [-0.1, -0.05) is 45.8 Å². The summed E-state index contributed by atoms with van der Waals surface area (Å²) in [5.74, 6) is -0.780. The first kappa shape index (κ1) is 14.9. The zero-order valence-corrected chi connectivity index (χ0v) is 13.1. The fourth-order valence-electron chi connectivity index (χ4n) is 1.61. The normalized spacial score (nSPS) is 12.4. The number of sulfone groups is 1. The number of rotatable bonds is 3. The smallest absolute Gasteiger partial charge is 0.202 e. The third kappa shape index (κ3) is 3.55. The second kappa shape index (κ2) is 5.89. The van der Waals surface area contributed by atoms with Crippen molar-refractivity contribution in [2.45, 2.75) is 11.8 Å². The molecular weight excluding hydrogens is 343 g/mol. The lowest BCUT2D eigenvalue weighted by Gasteiger charge is -2.02. The van der Waals surface area contributed by atoms with Crippen LogP contribution in [-0.4, -0.2) is 8.42 Å². The van der Waals surface area contributed by atoms with Gasteiger partial charge in [0.05, 0.1) is 10.3 Å². The largest absolute Gasteiger partial charge is 0.219 e. The second-order valence-electron chi connectivity index (χ2n) is 4.33. The average molecular weight is 355 g/mol. The van der Waals surface area contributed by atoms with Crippen LogP contribution in [0.5, 0.6) is 0 Å². The van der Waals surface area contributed by atoms with Crippen LogP contribution in [0.3, 0.4) is 0 Å². The van der Waals surface area contributed by atoms with Crippen LogP contribution in [0.1, 0.15) is 11.1 Å². The Morgan fingerprint density at radius 3 is 2.15 bits per heavy atom. The van der Waals surface area contributed by atoms with Crippen molar-refractivity contribution in [3.05, 3.63) is 69.5 Å². The summed E-state index contributed by atoms with van der Waals surface area (Å²) in [6.07, 6.45) is 0. The van der Waals surface area contributed by atoms with Crippen LogP contribution < -0.4 is 0 Å². The van der Waals surface area contributed by atoms with Crippen LogP contribution in [-0.2, 0) is 9.84 Å². The van der Waals surface area contributed by atoms with E-state index in [-0.39, 0.29) is 10.5 Å². The Kier molecular flexibility index (Phi) is 4.40. The van der Waals surface area contributed by atoms with Crippen molar-refractivity contribution in [3.63, 3.8) is 0 Å². The molecule has 0 aliphatic heterocycles. The highest BCUT2D eigenvalue weighted by atomic mass is 79.9. The minimum Gasteiger partial charge on any atom is -0.219 e. The summed E-state index contributed by atoms with van der Waals surface area (Å²) in [6.45, 7) is 1.86. The number of hydrogen-bond donors (Lipinski definition) is 0. The lowest BCUT2D eigenvalue weighted by molar-refractivity contribution is 0.604. The van der Waals surface area contributed by atoms with Crippen LogP contribution in [0.4, 0.5) is 4.39 Å². The van der Waals surface area contributed by atoms with E-state index in [1.807, 2.05) is 6.92 Å². The van der Waals surface area contributed by atoms with Crippen LogP contribution in [0.15, 0.2) is 63.3 Å². The van der Waals surface area contributed by atoms with Gasteiger partial charge in [0.25, 0.3) is 0 Å². The summed E-state index contributed by atoms with van der Waals surface area (Å²) in [5, 5.41) is 0.654. The van der Waals surface area contributed by atoms with Gasteiger partial charge in [-0.3, -0.25) is 0 Å². The highest BCUT2D eigenvalue weighted by Crippen LogP contribution is 2.23. The first-order valence-electron chi connectivity index (χ1n) is 5.83. The molecule has 0 saturated carbocycles. The lowest BCUT2D eigenvalue weighted by Crippen LogP contribution is -1.97. The fourth-order valence-corrected chi connectivity index (χ4v) is 2.93. The predicted molar refractivity (Wildman–Crippen MR) is 81.6 cm³/mol. The van der Waals surface area contributed by atoms with Crippen molar-refractivity contribution >= 4 is 31.6 Å². The van der Waals surface area contributed by atoms with Crippen LogP contribution in [0.2, 0.25) is 0 Å². The number of benzene rings is 2. The predicted octanol–water partition coefficient (Wildman–Crippen LogP) is 4.50. The van der Waals surface area contributed by atoms with Crippen molar-refractivity contribution in [1.29, 1.82) is 0 Å². The number of halogens is 2. The van der Waals surface area contributed by atoms with Gasteiger partial charge in [-0.2, -0.15) is 0 Å². The first-order valence-corrected chi connectivity index (χ1v) is 8.17. The molecular formula is C15H12BrFO2S. The highest BCUT2D eigenvalue weighted by molar-refractivity contribution is 9.10. The SMILES string of the molecule is Cc1ccc(S(=O)(=O)/C=C(\F)c2ccc(Br)cc2)cc1. The molecule has 2 nitrogen and oxygen atoms in total. The molecule has 104 valence electrons. The van der Waals surface area contributed by atoms with Crippen molar-refractivity contribution in [3.8, 4) is 0 Å². The molecule has 0 bridgehead atoms. The van der Waals surface area contributed by atoms with Gasteiger partial charge in [0, 0.05) is 10.0 Å². The third-order valence-corrected chi connectivity index (χ3v) is 4.70. The summed E-state index contributed by atoms with van der Waals surface area (Å²) in [6, 6.07) is 12.6. The molecule has 0 unspecified atom stereocenters.